The molecule has 4 rings (SSSR count). The number of carbonyl (C=O) groups is 3. The van der Waals surface area contributed by atoms with E-state index in [-0.39, 0.29) is 42.6 Å². The topological polar surface area (TPSA) is 79.6 Å². The van der Waals surface area contributed by atoms with E-state index in [1.54, 1.807) is 6.07 Å². The number of imide groups is 1. The molecule has 146 valence electrons. The standard InChI is InChI=1S/C21H21BrN2O4/c22-14-7-5-13(6-8-14)18-10-9-15(28-18)11-23-19(25)12-24-20(26)16-3-1-2-4-17(16)21(24)27/h5-10,16-17H,1-4,11-12H2,(H,23,25)/t16-,17-/m0/s1. The first-order valence-corrected chi connectivity index (χ1v) is 10.3. The van der Waals surface area contributed by atoms with Crippen LogP contribution in [0.15, 0.2) is 45.3 Å². The van der Waals surface area contributed by atoms with Crippen molar-refractivity contribution in [1.82, 2.24) is 10.2 Å². The van der Waals surface area contributed by atoms with E-state index in [0.717, 1.165) is 40.6 Å². The fraction of sp³-hybridized carbons (Fsp3) is 0.381. The zero-order valence-electron chi connectivity index (χ0n) is 15.3. The van der Waals surface area contributed by atoms with Crippen LogP contribution in [0, 0.1) is 11.8 Å². The molecule has 7 heteroatoms. The van der Waals surface area contributed by atoms with Gasteiger partial charge in [0.2, 0.25) is 17.7 Å². The molecule has 6 nitrogen and oxygen atoms in total. The van der Waals surface area contributed by atoms with Crippen molar-refractivity contribution in [3.63, 3.8) is 0 Å². The van der Waals surface area contributed by atoms with Crippen molar-refractivity contribution in [3.8, 4) is 11.3 Å². The highest BCUT2D eigenvalue weighted by Crippen LogP contribution is 2.37. The highest BCUT2D eigenvalue weighted by atomic mass is 79.9. The van der Waals surface area contributed by atoms with Crippen molar-refractivity contribution in [1.29, 1.82) is 0 Å². The van der Waals surface area contributed by atoms with Gasteiger partial charge in [-0.15, -0.1) is 0 Å². The predicted octanol–water partition coefficient (Wildman–Crippen LogP) is 3.50. The zero-order valence-corrected chi connectivity index (χ0v) is 16.9. The predicted molar refractivity (Wildman–Crippen MR) is 106 cm³/mol. The molecule has 0 radical (unpaired) electrons. The highest BCUT2D eigenvalue weighted by molar-refractivity contribution is 9.10. The molecule has 0 bridgehead atoms. The van der Waals surface area contributed by atoms with E-state index in [0.29, 0.717) is 11.5 Å². The minimum absolute atomic E-state index is 0.194. The van der Waals surface area contributed by atoms with E-state index in [2.05, 4.69) is 21.2 Å². The van der Waals surface area contributed by atoms with Crippen LogP contribution < -0.4 is 5.32 Å². The molecule has 1 aromatic carbocycles. The summed E-state index contributed by atoms with van der Waals surface area (Å²) in [5.41, 5.74) is 0.941. The summed E-state index contributed by atoms with van der Waals surface area (Å²) >= 11 is 3.40. The van der Waals surface area contributed by atoms with E-state index >= 15 is 0 Å². The first kappa shape index (κ1) is 18.9. The number of halogens is 1. The Morgan fingerprint density at radius 2 is 1.68 bits per heavy atom. The number of nitrogens with zero attached hydrogens (tertiary/aromatic N) is 1. The van der Waals surface area contributed by atoms with Crippen LogP contribution in [0.5, 0.6) is 0 Å². The maximum Gasteiger partial charge on any atom is 0.240 e. The molecular weight excluding hydrogens is 424 g/mol. The number of fused-ring (bicyclic) bond motifs is 1. The minimum atomic E-state index is -0.359. The SMILES string of the molecule is O=C(CN1C(=O)[C@H]2CCCC[C@@H]2C1=O)NCc1ccc(-c2ccc(Br)cc2)o1. The Morgan fingerprint density at radius 1 is 1.04 bits per heavy atom. The molecule has 1 N–H and O–H groups in total. The lowest BCUT2D eigenvalue weighted by Crippen LogP contribution is -2.40. The Kier molecular flexibility index (Phi) is 5.35. The number of hydrogen-bond donors (Lipinski definition) is 1. The third-order valence-corrected chi connectivity index (χ3v) is 6.01. The van der Waals surface area contributed by atoms with Crippen LogP contribution in [0.2, 0.25) is 0 Å². The van der Waals surface area contributed by atoms with Crippen molar-refractivity contribution in [2.45, 2.75) is 32.2 Å². The Morgan fingerprint density at radius 3 is 2.32 bits per heavy atom. The number of rotatable bonds is 5. The van der Waals surface area contributed by atoms with Gasteiger partial charge in [-0.1, -0.05) is 40.9 Å². The van der Waals surface area contributed by atoms with Crippen molar-refractivity contribution in [2.24, 2.45) is 11.8 Å². The van der Waals surface area contributed by atoms with Crippen molar-refractivity contribution in [3.05, 3.63) is 46.6 Å². The largest absolute Gasteiger partial charge is 0.459 e. The molecule has 2 atom stereocenters. The first-order chi connectivity index (χ1) is 13.5. The number of likely N-dealkylation sites (tertiary alicyclic amines) is 1. The van der Waals surface area contributed by atoms with Crippen LogP contribution in [0.1, 0.15) is 31.4 Å². The molecule has 28 heavy (non-hydrogen) atoms. The Bertz CT molecular complexity index is 881. The summed E-state index contributed by atoms with van der Waals surface area (Å²) in [6.45, 7) is -0.0105. The lowest BCUT2D eigenvalue weighted by atomic mass is 9.81. The molecule has 1 aliphatic heterocycles. The van der Waals surface area contributed by atoms with Gasteiger partial charge in [-0.2, -0.15) is 0 Å². The number of carbonyl (C=O) groups excluding carboxylic acids is 3. The van der Waals surface area contributed by atoms with Crippen LogP contribution in [-0.4, -0.2) is 29.2 Å². The van der Waals surface area contributed by atoms with E-state index in [1.165, 1.54) is 0 Å². The first-order valence-electron chi connectivity index (χ1n) is 9.49. The van der Waals surface area contributed by atoms with Gasteiger partial charge >= 0.3 is 0 Å². The lowest BCUT2D eigenvalue weighted by Gasteiger charge is -2.19. The van der Waals surface area contributed by atoms with Gasteiger partial charge < -0.3 is 9.73 Å². The van der Waals surface area contributed by atoms with Gasteiger partial charge in [0.05, 0.1) is 18.4 Å². The van der Waals surface area contributed by atoms with Crippen LogP contribution in [0.4, 0.5) is 0 Å². The van der Waals surface area contributed by atoms with Crippen molar-refractivity contribution in [2.75, 3.05) is 6.54 Å². The maximum absolute atomic E-state index is 12.4. The second-order valence-corrected chi connectivity index (χ2v) is 8.23. The highest BCUT2D eigenvalue weighted by Gasteiger charge is 2.48. The fourth-order valence-corrected chi connectivity index (χ4v) is 4.28. The molecule has 0 unspecified atom stereocenters. The zero-order chi connectivity index (χ0) is 19.7. The van der Waals surface area contributed by atoms with Gasteiger partial charge in [0.15, 0.2) is 0 Å². The average Bonchev–Trinajstić information content (AvgIpc) is 3.27. The van der Waals surface area contributed by atoms with Gasteiger partial charge in [-0.3, -0.25) is 19.3 Å². The molecule has 3 amide bonds. The van der Waals surface area contributed by atoms with Crippen molar-refractivity contribution < 1.29 is 18.8 Å². The van der Waals surface area contributed by atoms with Gasteiger partial charge in [-0.25, -0.2) is 0 Å². The van der Waals surface area contributed by atoms with Crippen LogP contribution in [-0.2, 0) is 20.9 Å². The Balaban J connectivity index is 1.33. The maximum atomic E-state index is 12.4. The lowest BCUT2D eigenvalue weighted by molar-refractivity contribution is -0.143. The normalized spacial score (nSPS) is 21.7. The number of benzene rings is 1. The third kappa shape index (κ3) is 3.76. The number of amides is 3. The molecule has 2 aliphatic rings. The van der Waals surface area contributed by atoms with Crippen LogP contribution in [0.3, 0.4) is 0 Å². The number of nitrogens with one attached hydrogen (secondary N) is 1. The molecule has 1 aliphatic carbocycles. The summed E-state index contributed by atoms with van der Waals surface area (Å²) in [7, 11) is 0. The van der Waals surface area contributed by atoms with Crippen molar-refractivity contribution >= 4 is 33.7 Å². The summed E-state index contributed by atoms with van der Waals surface area (Å²) in [5.74, 6) is 0.118. The molecule has 1 aromatic heterocycles. The second-order valence-electron chi connectivity index (χ2n) is 7.31. The summed E-state index contributed by atoms with van der Waals surface area (Å²) in [6, 6.07) is 11.4. The molecule has 1 saturated heterocycles. The molecule has 1 saturated carbocycles. The number of furan rings is 1. The molecule has 2 aromatic rings. The fourth-order valence-electron chi connectivity index (χ4n) is 4.01. The molecule has 2 heterocycles. The number of hydrogen-bond acceptors (Lipinski definition) is 4. The molecular formula is C21H21BrN2O4. The molecule has 2 fully saturated rings. The van der Waals surface area contributed by atoms with Gasteiger partial charge in [-0.05, 0) is 37.1 Å². The monoisotopic (exact) mass is 444 g/mol. The molecule has 0 spiro atoms. The van der Waals surface area contributed by atoms with Crippen LogP contribution in [0.25, 0.3) is 11.3 Å². The summed E-state index contributed by atoms with van der Waals surface area (Å²) in [5, 5.41) is 2.74. The second kappa shape index (κ2) is 7.91. The van der Waals surface area contributed by atoms with E-state index in [1.807, 2.05) is 30.3 Å². The van der Waals surface area contributed by atoms with Gasteiger partial charge in [0.25, 0.3) is 0 Å². The van der Waals surface area contributed by atoms with Gasteiger partial charge in [0, 0.05) is 10.0 Å². The smallest absolute Gasteiger partial charge is 0.240 e. The van der Waals surface area contributed by atoms with E-state index in [9.17, 15) is 14.4 Å². The average molecular weight is 445 g/mol. The third-order valence-electron chi connectivity index (χ3n) is 5.48. The van der Waals surface area contributed by atoms with E-state index in [4.69, 9.17) is 4.42 Å². The van der Waals surface area contributed by atoms with Gasteiger partial charge in [0.1, 0.15) is 18.1 Å². The van der Waals surface area contributed by atoms with E-state index < -0.39 is 0 Å². The quantitative estimate of drug-likeness (QED) is 0.715. The minimum Gasteiger partial charge on any atom is -0.459 e. The summed E-state index contributed by atoms with van der Waals surface area (Å²) < 4.78 is 6.76. The Hall–Kier alpha value is -2.41. The Labute approximate surface area is 171 Å². The van der Waals surface area contributed by atoms with Crippen LogP contribution >= 0.6 is 15.9 Å². The summed E-state index contributed by atoms with van der Waals surface area (Å²) in [4.78, 5) is 38.3. The summed E-state index contributed by atoms with van der Waals surface area (Å²) in [6.07, 6.45) is 3.44.